The maximum Gasteiger partial charge on any atom is 0.387 e. The van der Waals surface area contributed by atoms with Crippen LogP contribution in [0, 0.1) is 10.1 Å². The molecule has 2 atom stereocenters. The smallest absolute Gasteiger partial charge is 0.387 e. The average Bonchev–Trinajstić information content (AvgIpc) is 2.85. The minimum absolute atomic E-state index is 0.115. The van der Waals surface area contributed by atoms with Crippen LogP contribution in [0.2, 0.25) is 0 Å². The predicted molar refractivity (Wildman–Crippen MR) is 71.1 cm³/mol. The zero-order chi connectivity index (χ0) is 16.7. The molecule has 23 heavy (non-hydrogen) atoms. The molecule has 0 amide bonds. The van der Waals surface area contributed by atoms with Crippen molar-refractivity contribution in [1.82, 2.24) is 0 Å². The monoisotopic (exact) mass is 325 g/mol. The molecule has 0 fully saturated rings. The molecular weight excluding hydrogens is 316 g/mol. The van der Waals surface area contributed by atoms with Crippen LogP contribution in [-0.2, 0) is 9.53 Å². The van der Waals surface area contributed by atoms with Crippen LogP contribution < -0.4 is 4.74 Å². The van der Waals surface area contributed by atoms with Gasteiger partial charge in [0.05, 0.1) is 10.8 Å². The minimum Gasteiger partial charge on any atom is -0.481 e. The Balaban J connectivity index is 2.08. The van der Waals surface area contributed by atoms with Gasteiger partial charge in [-0.1, -0.05) is 0 Å². The number of halogens is 2. The molecule has 3 rings (SSSR count). The summed E-state index contributed by atoms with van der Waals surface area (Å²) in [6.07, 6.45) is 1.15. The molecule has 2 unspecified atom stereocenters. The Morgan fingerprint density at radius 3 is 2.74 bits per heavy atom. The molecule has 1 aliphatic heterocycles. The fourth-order valence-corrected chi connectivity index (χ4v) is 2.70. The highest BCUT2D eigenvalue weighted by molar-refractivity contribution is 5.90. The highest BCUT2D eigenvalue weighted by Gasteiger charge is 2.45. The number of benzene rings is 1. The number of allylic oxidation sites excluding steroid dienone is 2. The summed E-state index contributed by atoms with van der Waals surface area (Å²) >= 11 is 0. The van der Waals surface area contributed by atoms with Crippen LogP contribution in [0.1, 0.15) is 11.5 Å². The van der Waals surface area contributed by atoms with E-state index in [4.69, 9.17) is 4.74 Å². The first-order chi connectivity index (χ1) is 10.9. The summed E-state index contributed by atoms with van der Waals surface area (Å²) in [6.45, 7) is -3.09. The van der Waals surface area contributed by atoms with E-state index in [1.807, 2.05) is 0 Å². The summed E-state index contributed by atoms with van der Waals surface area (Å²) in [7, 11) is 0. The summed E-state index contributed by atoms with van der Waals surface area (Å²) in [4.78, 5) is 21.6. The van der Waals surface area contributed by atoms with E-state index in [-0.39, 0.29) is 28.3 Å². The fourth-order valence-electron chi connectivity index (χ4n) is 2.70. The molecular formula is C14H9F2NO6. The Morgan fingerprint density at radius 2 is 2.13 bits per heavy atom. The lowest BCUT2D eigenvalue weighted by Crippen LogP contribution is -2.30. The van der Waals surface area contributed by atoms with E-state index in [2.05, 4.69) is 4.74 Å². The minimum atomic E-state index is -3.09. The third kappa shape index (κ3) is 2.50. The van der Waals surface area contributed by atoms with E-state index < -0.39 is 29.5 Å². The molecule has 1 aliphatic carbocycles. The Bertz CT molecular complexity index is 758. The number of alkyl halides is 2. The van der Waals surface area contributed by atoms with Gasteiger partial charge in [-0.15, -0.1) is 0 Å². The number of nitrogens with zero attached hydrogens (tertiary/aromatic N) is 1. The van der Waals surface area contributed by atoms with Crippen LogP contribution in [0.5, 0.6) is 5.75 Å². The lowest BCUT2D eigenvalue weighted by atomic mass is 9.83. The van der Waals surface area contributed by atoms with Gasteiger partial charge in [0.25, 0.3) is 5.69 Å². The van der Waals surface area contributed by atoms with E-state index in [9.17, 15) is 28.8 Å². The first kappa shape index (κ1) is 14.9. The molecule has 9 heteroatoms. The van der Waals surface area contributed by atoms with Gasteiger partial charge in [0.15, 0.2) is 6.10 Å². The van der Waals surface area contributed by atoms with Crippen molar-refractivity contribution in [3.8, 4) is 5.75 Å². The van der Waals surface area contributed by atoms with Crippen molar-refractivity contribution in [2.75, 3.05) is 0 Å². The molecule has 7 nitrogen and oxygen atoms in total. The zero-order valence-corrected chi connectivity index (χ0v) is 11.3. The number of aliphatic carboxylic acids is 1. The maximum absolute atomic E-state index is 12.5. The van der Waals surface area contributed by atoms with Gasteiger partial charge in [-0.2, -0.15) is 8.78 Å². The number of hydrogen-bond acceptors (Lipinski definition) is 5. The predicted octanol–water partition coefficient (Wildman–Crippen LogP) is 2.59. The number of rotatable bonds is 4. The van der Waals surface area contributed by atoms with Gasteiger partial charge < -0.3 is 14.6 Å². The largest absolute Gasteiger partial charge is 0.481 e. The Morgan fingerprint density at radius 1 is 1.39 bits per heavy atom. The molecule has 0 saturated heterocycles. The number of non-ortho nitro benzene ring substituents is 1. The molecule has 2 aliphatic rings. The standard InChI is InChI=1S/C14H9F2NO6/c15-14(16)23-10-4-2-7(13(18)19)11-8-5-6(17(20)21)1-3-9(8)22-12(10)11/h1-5,11-12,14H,(H,18,19). The second-order valence-electron chi connectivity index (χ2n) is 4.87. The second kappa shape index (κ2) is 5.34. The number of ether oxygens (including phenoxy) is 2. The number of carboxylic acids is 1. The van der Waals surface area contributed by atoms with Gasteiger partial charge in [0.1, 0.15) is 11.5 Å². The SMILES string of the molecule is O=C(O)C1=CC=C(OC(F)F)C2Oc3ccc([N+](=O)[O-])cc3C12. The van der Waals surface area contributed by atoms with Crippen molar-refractivity contribution in [1.29, 1.82) is 0 Å². The summed E-state index contributed by atoms with van der Waals surface area (Å²) in [6, 6.07) is 3.69. The van der Waals surface area contributed by atoms with Gasteiger partial charge in [-0.05, 0) is 18.2 Å². The van der Waals surface area contributed by atoms with Crippen molar-refractivity contribution in [2.24, 2.45) is 0 Å². The van der Waals surface area contributed by atoms with Crippen molar-refractivity contribution in [2.45, 2.75) is 18.6 Å². The lowest BCUT2D eigenvalue weighted by molar-refractivity contribution is -0.384. The van der Waals surface area contributed by atoms with Gasteiger partial charge in [0.2, 0.25) is 0 Å². The third-order valence-corrected chi connectivity index (χ3v) is 3.61. The van der Waals surface area contributed by atoms with E-state index in [0.717, 1.165) is 12.2 Å². The van der Waals surface area contributed by atoms with E-state index in [1.54, 1.807) is 0 Å². The molecule has 1 aromatic rings. The number of carbonyl (C=O) groups is 1. The topological polar surface area (TPSA) is 98.9 Å². The zero-order valence-electron chi connectivity index (χ0n) is 11.3. The first-order valence-electron chi connectivity index (χ1n) is 6.43. The molecule has 1 aromatic carbocycles. The number of carboxylic acid groups (broad SMARTS) is 1. The number of nitro benzene ring substituents is 1. The lowest BCUT2D eigenvalue weighted by Gasteiger charge is -2.25. The third-order valence-electron chi connectivity index (χ3n) is 3.61. The molecule has 0 saturated carbocycles. The molecule has 1 heterocycles. The second-order valence-corrected chi connectivity index (χ2v) is 4.87. The van der Waals surface area contributed by atoms with Crippen LogP contribution in [0.4, 0.5) is 14.5 Å². The van der Waals surface area contributed by atoms with Crippen LogP contribution in [0.3, 0.4) is 0 Å². The van der Waals surface area contributed by atoms with E-state index in [0.29, 0.717) is 0 Å². The van der Waals surface area contributed by atoms with Crippen LogP contribution in [0.25, 0.3) is 0 Å². The Kier molecular flexibility index (Phi) is 3.47. The summed E-state index contributed by atoms with van der Waals surface area (Å²) in [5.41, 5.74) is -0.110. The summed E-state index contributed by atoms with van der Waals surface area (Å²) in [5, 5.41) is 20.2. The van der Waals surface area contributed by atoms with Crippen LogP contribution in [-0.4, -0.2) is 28.7 Å². The highest BCUT2D eigenvalue weighted by Crippen LogP contribution is 2.48. The van der Waals surface area contributed by atoms with E-state index in [1.165, 1.54) is 18.2 Å². The normalized spacial score (nSPS) is 21.7. The molecule has 120 valence electrons. The van der Waals surface area contributed by atoms with Crippen molar-refractivity contribution >= 4 is 11.7 Å². The average molecular weight is 325 g/mol. The summed E-state index contributed by atoms with van der Waals surface area (Å²) in [5.74, 6) is -2.26. The highest BCUT2D eigenvalue weighted by atomic mass is 19.3. The Labute approximate surface area is 127 Å². The van der Waals surface area contributed by atoms with Gasteiger partial charge >= 0.3 is 12.6 Å². The number of fused-ring (bicyclic) bond motifs is 3. The fraction of sp³-hybridized carbons (Fsp3) is 0.214. The molecule has 0 radical (unpaired) electrons. The number of nitro groups is 1. The van der Waals surface area contributed by atoms with Crippen LogP contribution in [0.15, 0.2) is 41.7 Å². The van der Waals surface area contributed by atoms with Gasteiger partial charge in [-0.25, -0.2) is 4.79 Å². The maximum atomic E-state index is 12.5. The molecule has 0 aromatic heterocycles. The Hall–Kier alpha value is -2.97. The van der Waals surface area contributed by atoms with E-state index >= 15 is 0 Å². The molecule has 0 spiro atoms. The molecule has 1 N–H and O–H groups in total. The van der Waals surface area contributed by atoms with Gasteiger partial charge in [-0.3, -0.25) is 10.1 Å². The van der Waals surface area contributed by atoms with Gasteiger partial charge in [0, 0.05) is 23.3 Å². The van der Waals surface area contributed by atoms with Crippen molar-refractivity contribution in [3.05, 3.63) is 57.4 Å². The summed E-state index contributed by atoms with van der Waals surface area (Å²) < 4.78 is 34.8. The van der Waals surface area contributed by atoms with Crippen LogP contribution >= 0.6 is 0 Å². The van der Waals surface area contributed by atoms with Crippen molar-refractivity contribution in [3.63, 3.8) is 0 Å². The number of hydrogen-bond donors (Lipinski definition) is 1. The molecule has 0 bridgehead atoms. The quantitative estimate of drug-likeness (QED) is 0.675. The first-order valence-corrected chi connectivity index (χ1v) is 6.43. The van der Waals surface area contributed by atoms with Crippen molar-refractivity contribution < 1.29 is 33.1 Å².